The molecule has 0 aromatic heterocycles. The maximum absolute atomic E-state index is 13.0. The lowest BCUT2D eigenvalue weighted by Crippen LogP contribution is -2.45. The van der Waals surface area contributed by atoms with E-state index in [0.29, 0.717) is 41.7 Å². The van der Waals surface area contributed by atoms with Gasteiger partial charge in [0.15, 0.2) is 11.5 Å². The van der Waals surface area contributed by atoms with Gasteiger partial charge in [-0.2, -0.15) is 4.31 Å². The fourth-order valence-electron chi connectivity index (χ4n) is 3.70. The van der Waals surface area contributed by atoms with Gasteiger partial charge in [0.25, 0.3) is 0 Å². The smallest absolute Gasteiger partial charge is 0.243 e. The average molecular weight is 483 g/mol. The summed E-state index contributed by atoms with van der Waals surface area (Å²) in [5.41, 5.74) is 0.773. The highest BCUT2D eigenvalue weighted by molar-refractivity contribution is 7.89. The standard InChI is InChI=1S/C22H27ClN2O6S/c1-29-19-11-15(12-20(30-2)21(19)31-3)13-24-22(26)16-5-4-10-25(14-16)32(27,28)18-8-6-17(23)7-9-18/h6-9,11-12,16H,4-5,10,13-14H2,1-3H3,(H,24,26)/t16-/m0/s1. The highest BCUT2D eigenvalue weighted by atomic mass is 35.5. The third-order valence-corrected chi connectivity index (χ3v) is 7.53. The van der Waals surface area contributed by atoms with E-state index in [1.807, 2.05) is 0 Å². The summed E-state index contributed by atoms with van der Waals surface area (Å²) >= 11 is 5.87. The number of rotatable bonds is 8. The molecule has 0 aliphatic carbocycles. The van der Waals surface area contributed by atoms with Crippen LogP contribution in [0.4, 0.5) is 0 Å². The van der Waals surface area contributed by atoms with Gasteiger partial charge in [0.1, 0.15) is 0 Å². The van der Waals surface area contributed by atoms with E-state index in [-0.39, 0.29) is 23.9 Å². The summed E-state index contributed by atoms with van der Waals surface area (Å²) in [7, 11) is 0.883. The zero-order chi connectivity index (χ0) is 23.3. The second-order valence-corrected chi connectivity index (χ2v) is 9.78. The number of carbonyl (C=O) groups excluding carboxylic acids is 1. The first-order valence-electron chi connectivity index (χ1n) is 10.1. The van der Waals surface area contributed by atoms with Crippen molar-refractivity contribution in [2.24, 2.45) is 5.92 Å². The molecule has 8 nitrogen and oxygen atoms in total. The summed E-state index contributed by atoms with van der Waals surface area (Å²) in [4.78, 5) is 13.0. The molecular formula is C22H27ClN2O6S. The Morgan fingerprint density at radius 3 is 2.28 bits per heavy atom. The van der Waals surface area contributed by atoms with Crippen LogP contribution >= 0.6 is 11.6 Å². The van der Waals surface area contributed by atoms with Gasteiger partial charge in [-0.3, -0.25) is 4.79 Å². The summed E-state index contributed by atoms with van der Waals surface area (Å²) in [5, 5.41) is 3.36. The van der Waals surface area contributed by atoms with Gasteiger partial charge in [0, 0.05) is 24.7 Å². The van der Waals surface area contributed by atoms with E-state index in [1.54, 1.807) is 24.3 Å². The van der Waals surface area contributed by atoms with E-state index < -0.39 is 15.9 Å². The first kappa shape index (κ1) is 24.2. The molecule has 1 aliphatic heterocycles. The number of hydrogen-bond acceptors (Lipinski definition) is 6. The minimum absolute atomic E-state index is 0.131. The molecule has 1 atom stereocenters. The Kier molecular flexibility index (Phi) is 7.86. The van der Waals surface area contributed by atoms with Gasteiger partial charge in [0.05, 0.1) is 32.1 Å². The normalized spacial score (nSPS) is 16.9. The Balaban J connectivity index is 1.68. The van der Waals surface area contributed by atoms with E-state index in [1.165, 1.54) is 37.8 Å². The Bertz CT molecular complexity index is 1030. The average Bonchev–Trinajstić information content (AvgIpc) is 2.82. The van der Waals surface area contributed by atoms with Crippen LogP contribution in [0, 0.1) is 5.92 Å². The van der Waals surface area contributed by atoms with E-state index >= 15 is 0 Å². The van der Waals surface area contributed by atoms with Crippen LogP contribution in [-0.2, 0) is 21.4 Å². The molecule has 32 heavy (non-hydrogen) atoms. The van der Waals surface area contributed by atoms with Crippen LogP contribution in [0.2, 0.25) is 5.02 Å². The molecule has 1 amide bonds. The number of nitrogens with zero attached hydrogens (tertiary/aromatic N) is 1. The second-order valence-electron chi connectivity index (χ2n) is 7.41. The molecular weight excluding hydrogens is 456 g/mol. The molecule has 1 N–H and O–H groups in total. The maximum Gasteiger partial charge on any atom is 0.243 e. The lowest BCUT2D eigenvalue weighted by atomic mass is 9.98. The lowest BCUT2D eigenvalue weighted by Gasteiger charge is -2.31. The number of benzene rings is 2. The van der Waals surface area contributed by atoms with Crippen molar-refractivity contribution in [2.45, 2.75) is 24.3 Å². The predicted octanol–water partition coefficient (Wildman–Crippen LogP) is 3.08. The first-order chi connectivity index (χ1) is 15.3. The van der Waals surface area contributed by atoms with Crippen molar-refractivity contribution in [3.05, 3.63) is 47.0 Å². The molecule has 0 radical (unpaired) electrons. The van der Waals surface area contributed by atoms with Crippen molar-refractivity contribution in [1.29, 1.82) is 0 Å². The third-order valence-electron chi connectivity index (χ3n) is 5.40. The van der Waals surface area contributed by atoms with Crippen LogP contribution in [0.1, 0.15) is 18.4 Å². The largest absolute Gasteiger partial charge is 0.493 e. The first-order valence-corrected chi connectivity index (χ1v) is 11.9. The molecule has 0 bridgehead atoms. The zero-order valence-electron chi connectivity index (χ0n) is 18.3. The van der Waals surface area contributed by atoms with Crippen LogP contribution in [-0.4, -0.2) is 53.0 Å². The number of methoxy groups -OCH3 is 3. The third kappa shape index (κ3) is 5.28. The van der Waals surface area contributed by atoms with Gasteiger partial charge < -0.3 is 19.5 Å². The molecule has 1 saturated heterocycles. The highest BCUT2D eigenvalue weighted by Crippen LogP contribution is 2.38. The van der Waals surface area contributed by atoms with Crippen LogP contribution in [0.25, 0.3) is 0 Å². The molecule has 1 aliphatic rings. The molecule has 1 fully saturated rings. The number of halogens is 1. The van der Waals surface area contributed by atoms with Crippen LogP contribution in [0.15, 0.2) is 41.3 Å². The van der Waals surface area contributed by atoms with Gasteiger partial charge in [0.2, 0.25) is 21.7 Å². The number of hydrogen-bond donors (Lipinski definition) is 1. The van der Waals surface area contributed by atoms with Gasteiger partial charge in [-0.05, 0) is 54.8 Å². The topological polar surface area (TPSA) is 94.2 Å². The molecule has 2 aromatic rings. The van der Waals surface area contributed by atoms with E-state index in [4.69, 9.17) is 25.8 Å². The minimum Gasteiger partial charge on any atom is -0.493 e. The van der Waals surface area contributed by atoms with Crippen molar-refractivity contribution in [3.8, 4) is 17.2 Å². The van der Waals surface area contributed by atoms with Gasteiger partial charge in [-0.1, -0.05) is 11.6 Å². The summed E-state index contributed by atoms with van der Waals surface area (Å²) < 4.78 is 43.3. The molecule has 174 valence electrons. The van der Waals surface area contributed by atoms with E-state index in [2.05, 4.69) is 5.32 Å². The highest BCUT2D eigenvalue weighted by Gasteiger charge is 2.33. The maximum atomic E-state index is 13.0. The fraction of sp³-hybridized carbons (Fsp3) is 0.409. The summed E-state index contributed by atoms with van der Waals surface area (Å²) in [6.07, 6.45) is 1.23. The summed E-state index contributed by atoms with van der Waals surface area (Å²) in [6, 6.07) is 9.57. The Hall–Kier alpha value is -2.49. The van der Waals surface area contributed by atoms with Gasteiger partial charge in [-0.25, -0.2) is 8.42 Å². The van der Waals surface area contributed by atoms with Crippen molar-refractivity contribution in [2.75, 3.05) is 34.4 Å². The van der Waals surface area contributed by atoms with Crippen molar-refractivity contribution >= 4 is 27.5 Å². The van der Waals surface area contributed by atoms with Crippen LogP contribution in [0.3, 0.4) is 0 Å². The van der Waals surface area contributed by atoms with Crippen molar-refractivity contribution < 1.29 is 27.4 Å². The van der Waals surface area contributed by atoms with Crippen LogP contribution < -0.4 is 19.5 Å². The fourth-order valence-corrected chi connectivity index (χ4v) is 5.35. The molecule has 0 unspecified atom stereocenters. The second kappa shape index (κ2) is 10.4. The predicted molar refractivity (Wildman–Crippen MR) is 121 cm³/mol. The number of ether oxygens (including phenoxy) is 3. The number of sulfonamides is 1. The monoisotopic (exact) mass is 482 g/mol. The number of carbonyl (C=O) groups is 1. The lowest BCUT2D eigenvalue weighted by molar-refractivity contribution is -0.126. The molecule has 2 aromatic carbocycles. The summed E-state index contributed by atoms with van der Waals surface area (Å²) in [6.45, 7) is 0.754. The quantitative estimate of drug-likeness (QED) is 0.621. The summed E-state index contributed by atoms with van der Waals surface area (Å²) in [5.74, 6) is 0.825. The number of piperidine rings is 1. The minimum atomic E-state index is -3.69. The van der Waals surface area contributed by atoms with Gasteiger partial charge >= 0.3 is 0 Å². The van der Waals surface area contributed by atoms with E-state index in [0.717, 1.165) is 5.56 Å². The van der Waals surface area contributed by atoms with Gasteiger partial charge in [-0.15, -0.1) is 0 Å². The molecule has 0 spiro atoms. The van der Waals surface area contributed by atoms with Crippen molar-refractivity contribution in [3.63, 3.8) is 0 Å². The van der Waals surface area contributed by atoms with Crippen LogP contribution in [0.5, 0.6) is 17.2 Å². The zero-order valence-corrected chi connectivity index (χ0v) is 19.8. The van der Waals surface area contributed by atoms with E-state index in [9.17, 15) is 13.2 Å². The molecule has 1 heterocycles. The number of amides is 1. The Labute approximate surface area is 193 Å². The Morgan fingerprint density at radius 1 is 1.09 bits per heavy atom. The molecule has 0 saturated carbocycles. The van der Waals surface area contributed by atoms with Crippen molar-refractivity contribution in [1.82, 2.24) is 9.62 Å². The molecule has 3 rings (SSSR count). The Morgan fingerprint density at radius 2 is 1.72 bits per heavy atom. The molecule has 10 heteroatoms. The SMILES string of the molecule is COc1cc(CNC(=O)[C@H]2CCCN(S(=O)(=O)c3ccc(Cl)cc3)C2)cc(OC)c1OC. The number of nitrogens with one attached hydrogen (secondary N) is 1.